The molecule has 8 nitrogen and oxygen atoms in total. The fraction of sp³-hybridized carbons (Fsp3) is 0.533. The van der Waals surface area contributed by atoms with Crippen LogP contribution in [-0.4, -0.2) is 54.9 Å². The number of imidazole rings is 1. The van der Waals surface area contributed by atoms with Gasteiger partial charge >= 0.3 is 5.69 Å². The third-order valence-corrected chi connectivity index (χ3v) is 3.86. The van der Waals surface area contributed by atoms with E-state index in [9.17, 15) is 9.59 Å². The minimum absolute atomic E-state index is 0.0660. The first-order chi connectivity index (χ1) is 11.0. The first-order valence-electron chi connectivity index (χ1n) is 7.56. The molecule has 0 radical (unpaired) electrons. The van der Waals surface area contributed by atoms with Gasteiger partial charge in [-0.15, -0.1) is 6.58 Å². The zero-order valence-electron chi connectivity index (χ0n) is 13.6. The molecular formula is C15H23N5O3. The molecule has 0 fully saturated rings. The molecule has 0 atom stereocenters. The van der Waals surface area contributed by atoms with E-state index < -0.39 is 0 Å². The van der Waals surface area contributed by atoms with Crippen molar-refractivity contribution >= 4 is 11.2 Å². The van der Waals surface area contributed by atoms with Crippen LogP contribution in [0.2, 0.25) is 0 Å². The average Bonchev–Trinajstić information content (AvgIpc) is 2.91. The normalized spacial score (nSPS) is 11.5. The summed E-state index contributed by atoms with van der Waals surface area (Å²) >= 11 is 0. The molecule has 23 heavy (non-hydrogen) atoms. The van der Waals surface area contributed by atoms with E-state index in [1.54, 1.807) is 24.7 Å². The summed E-state index contributed by atoms with van der Waals surface area (Å²) in [7, 11) is 3.35. The highest BCUT2D eigenvalue weighted by Crippen LogP contribution is 2.03. The molecular weight excluding hydrogens is 298 g/mol. The third-order valence-electron chi connectivity index (χ3n) is 3.86. The molecule has 0 saturated carbocycles. The predicted octanol–water partition coefficient (Wildman–Crippen LogP) is -0.696. The van der Waals surface area contributed by atoms with E-state index in [-0.39, 0.29) is 17.9 Å². The molecule has 0 aliphatic heterocycles. The maximum atomic E-state index is 12.5. The van der Waals surface area contributed by atoms with E-state index in [1.807, 2.05) is 4.90 Å². The number of aromatic nitrogens is 4. The Morgan fingerprint density at radius 2 is 2.09 bits per heavy atom. The molecule has 0 aliphatic rings. The standard InChI is InChI=1S/C15H23N5O3/c1-4-6-19(9-10-21)7-5-8-20-14(22)12-13(16-11-17(12)2)18(3)15(20)23/h4,11,21H,1,5-10H2,2-3H3. The van der Waals surface area contributed by atoms with Gasteiger partial charge in [-0.2, -0.15) is 0 Å². The Hall–Kier alpha value is -2.19. The van der Waals surface area contributed by atoms with E-state index in [2.05, 4.69) is 11.6 Å². The Bertz CT molecular complexity index is 802. The van der Waals surface area contributed by atoms with Crippen molar-refractivity contribution in [3.05, 3.63) is 39.8 Å². The van der Waals surface area contributed by atoms with Gasteiger partial charge in [-0.25, -0.2) is 9.78 Å². The van der Waals surface area contributed by atoms with Gasteiger partial charge in [0.05, 0.1) is 12.9 Å². The van der Waals surface area contributed by atoms with E-state index in [0.29, 0.717) is 43.8 Å². The molecule has 126 valence electrons. The van der Waals surface area contributed by atoms with Crippen molar-refractivity contribution in [2.45, 2.75) is 13.0 Å². The van der Waals surface area contributed by atoms with E-state index in [0.717, 1.165) is 0 Å². The second kappa shape index (κ2) is 7.38. The van der Waals surface area contributed by atoms with Crippen LogP contribution in [0.5, 0.6) is 0 Å². The summed E-state index contributed by atoms with van der Waals surface area (Å²) in [5.74, 6) is 0. The number of aliphatic hydroxyl groups is 1. The van der Waals surface area contributed by atoms with Gasteiger partial charge in [-0.3, -0.25) is 18.8 Å². The molecule has 0 unspecified atom stereocenters. The van der Waals surface area contributed by atoms with Gasteiger partial charge < -0.3 is 9.67 Å². The van der Waals surface area contributed by atoms with Gasteiger partial charge in [0.2, 0.25) is 0 Å². The lowest BCUT2D eigenvalue weighted by Gasteiger charge is -2.19. The Kier molecular flexibility index (Phi) is 5.51. The highest BCUT2D eigenvalue weighted by molar-refractivity contribution is 5.69. The van der Waals surface area contributed by atoms with E-state index in [1.165, 1.54) is 15.5 Å². The highest BCUT2D eigenvalue weighted by Gasteiger charge is 2.14. The van der Waals surface area contributed by atoms with E-state index in [4.69, 9.17) is 5.11 Å². The maximum Gasteiger partial charge on any atom is 0.332 e. The Balaban J connectivity index is 2.23. The Morgan fingerprint density at radius 3 is 2.74 bits per heavy atom. The minimum Gasteiger partial charge on any atom is -0.395 e. The second-order valence-corrected chi connectivity index (χ2v) is 5.49. The van der Waals surface area contributed by atoms with Gasteiger partial charge in [0.25, 0.3) is 5.56 Å². The minimum atomic E-state index is -0.362. The number of nitrogens with zero attached hydrogens (tertiary/aromatic N) is 5. The van der Waals surface area contributed by atoms with Gasteiger partial charge in [0.15, 0.2) is 11.2 Å². The lowest BCUT2D eigenvalue weighted by atomic mass is 10.3. The quantitative estimate of drug-likeness (QED) is 0.650. The van der Waals surface area contributed by atoms with Crippen LogP contribution in [-0.2, 0) is 20.6 Å². The molecule has 0 aliphatic carbocycles. The smallest absolute Gasteiger partial charge is 0.332 e. The molecule has 0 aromatic carbocycles. The highest BCUT2D eigenvalue weighted by atomic mass is 16.3. The molecule has 0 spiro atoms. The van der Waals surface area contributed by atoms with Crippen LogP contribution >= 0.6 is 0 Å². The molecule has 8 heteroatoms. The SMILES string of the molecule is C=CCN(CCO)CCCn1c(=O)c2c(ncn2C)n(C)c1=O. The molecule has 2 aromatic rings. The van der Waals surface area contributed by atoms with Crippen molar-refractivity contribution in [3.8, 4) is 0 Å². The van der Waals surface area contributed by atoms with Crippen molar-refractivity contribution in [2.24, 2.45) is 14.1 Å². The van der Waals surface area contributed by atoms with Crippen LogP contribution in [0.1, 0.15) is 6.42 Å². The first-order valence-corrected chi connectivity index (χ1v) is 7.56. The lowest BCUT2D eigenvalue weighted by Crippen LogP contribution is -2.40. The summed E-state index contributed by atoms with van der Waals surface area (Å²) < 4.78 is 4.27. The predicted molar refractivity (Wildman–Crippen MR) is 88.6 cm³/mol. The lowest BCUT2D eigenvalue weighted by molar-refractivity contribution is 0.204. The Labute approximate surface area is 133 Å². The van der Waals surface area contributed by atoms with Crippen molar-refractivity contribution < 1.29 is 5.11 Å². The number of hydrogen-bond donors (Lipinski definition) is 1. The van der Waals surface area contributed by atoms with Gasteiger partial charge in [0, 0.05) is 40.3 Å². The van der Waals surface area contributed by atoms with Crippen LogP contribution in [0, 0.1) is 0 Å². The van der Waals surface area contributed by atoms with Crippen LogP contribution in [0.25, 0.3) is 11.2 Å². The van der Waals surface area contributed by atoms with Crippen LogP contribution in [0.4, 0.5) is 0 Å². The summed E-state index contributed by atoms with van der Waals surface area (Å²) in [6.07, 6.45) is 3.93. The average molecular weight is 321 g/mol. The zero-order valence-corrected chi connectivity index (χ0v) is 13.6. The van der Waals surface area contributed by atoms with Gasteiger partial charge in [-0.05, 0) is 6.42 Å². The fourth-order valence-electron chi connectivity index (χ4n) is 2.66. The Morgan fingerprint density at radius 1 is 1.35 bits per heavy atom. The van der Waals surface area contributed by atoms with E-state index >= 15 is 0 Å². The monoisotopic (exact) mass is 321 g/mol. The number of rotatable bonds is 8. The van der Waals surface area contributed by atoms with Crippen LogP contribution in [0.15, 0.2) is 28.6 Å². The molecule has 2 heterocycles. The summed E-state index contributed by atoms with van der Waals surface area (Å²) in [5, 5.41) is 9.04. The molecule has 1 N–H and O–H groups in total. The van der Waals surface area contributed by atoms with Crippen molar-refractivity contribution in [1.29, 1.82) is 0 Å². The first kappa shape index (κ1) is 17.2. The molecule has 2 aromatic heterocycles. The summed E-state index contributed by atoms with van der Waals surface area (Å²) in [6, 6.07) is 0. The maximum absolute atomic E-state index is 12.5. The van der Waals surface area contributed by atoms with Crippen molar-refractivity contribution in [3.63, 3.8) is 0 Å². The largest absolute Gasteiger partial charge is 0.395 e. The number of fused-ring (bicyclic) bond motifs is 1. The van der Waals surface area contributed by atoms with Crippen molar-refractivity contribution in [1.82, 2.24) is 23.6 Å². The van der Waals surface area contributed by atoms with Crippen LogP contribution < -0.4 is 11.2 Å². The molecule has 0 saturated heterocycles. The third kappa shape index (κ3) is 3.43. The molecule has 0 bridgehead atoms. The molecule has 2 rings (SSSR count). The summed E-state index contributed by atoms with van der Waals surface area (Å²) in [4.78, 5) is 31.0. The number of hydrogen-bond acceptors (Lipinski definition) is 5. The van der Waals surface area contributed by atoms with Gasteiger partial charge in [-0.1, -0.05) is 6.08 Å². The topological polar surface area (TPSA) is 85.3 Å². The van der Waals surface area contributed by atoms with Crippen molar-refractivity contribution in [2.75, 3.05) is 26.2 Å². The molecule has 0 amide bonds. The fourth-order valence-corrected chi connectivity index (χ4v) is 2.66. The number of aliphatic hydroxyl groups excluding tert-OH is 1. The van der Waals surface area contributed by atoms with Gasteiger partial charge in [0.1, 0.15) is 0 Å². The zero-order chi connectivity index (χ0) is 17.0. The second-order valence-electron chi connectivity index (χ2n) is 5.49. The summed E-state index contributed by atoms with van der Waals surface area (Å²) in [6.45, 7) is 5.95. The number of aryl methyl sites for hydroxylation is 2. The van der Waals surface area contributed by atoms with Crippen LogP contribution in [0.3, 0.4) is 0 Å². The summed E-state index contributed by atoms with van der Waals surface area (Å²) in [5.41, 5.74) is 0.136.